The molecule has 0 heterocycles. The largest absolute Gasteiger partial charge is 0.322 e. The van der Waals surface area contributed by atoms with E-state index >= 15 is 0 Å². The van der Waals surface area contributed by atoms with Gasteiger partial charge in [0, 0.05) is 12.1 Å². The Labute approximate surface area is 86.5 Å². The minimum absolute atomic E-state index is 0. The molecule has 0 aromatic heterocycles. The minimum atomic E-state index is -0.694. The number of alkyl halides is 1. The summed E-state index contributed by atoms with van der Waals surface area (Å²) in [5.41, 5.74) is 5.92. The van der Waals surface area contributed by atoms with Crippen LogP contribution in [0.2, 0.25) is 0 Å². The maximum Gasteiger partial charge on any atom is 0.269 e. The van der Waals surface area contributed by atoms with Gasteiger partial charge in [-0.15, -0.1) is 12.4 Å². The first-order valence-corrected chi connectivity index (χ1v) is 3.71. The molecule has 0 saturated heterocycles. The van der Waals surface area contributed by atoms with Crippen molar-refractivity contribution in [3.8, 4) is 0 Å². The van der Waals surface area contributed by atoms with E-state index in [1.165, 1.54) is 24.3 Å². The van der Waals surface area contributed by atoms with Crippen LogP contribution >= 0.6 is 12.4 Å². The van der Waals surface area contributed by atoms with E-state index in [0.29, 0.717) is 5.56 Å². The lowest BCUT2D eigenvalue weighted by molar-refractivity contribution is -0.384. The normalized spacial score (nSPS) is 11.6. The number of nitro benzene ring substituents is 1. The zero-order chi connectivity index (χ0) is 9.84. The summed E-state index contributed by atoms with van der Waals surface area (Å²) in [6.45, 7) is -0.669. The van der Waals surface area contributed by atoms with Crippen LogP contribution in [0.25, 0.3) is 0 Å². The van der Waals surface area contributed by atoms with Gasteiger partial charge in [0.15, 0.2) is 0 Å². The van der Waals surface area contributed by atoms with Gasteiger partial charge in [0.1, 0.15) is 6.67 Å². The molecule has 1 atom stereocenters. The number of benzene rings is 1. The summed E-state index contributed by atoms with van der Waals surface area (Å²) < 4.78 is 12.1. The average molecular weight is 221 g/mol. The van der Waals surface area contributed by atoms with Gasteiger partial charge in [-0.05, 0) is 5.56 Å². The fourth-order valence-corrected chi connectivity index (χ4v) is 0.932. The third-order valence-electron chi connectivity index (χ3n) is 1.70. The maximum atomic E-state index is 12.1. The summed E-state index contributed by atoms with van der Waals surface area (Å²) in [7, 11) is 0. The van der Waals surface area contributed by atoms with Crippen LogP contribution in [0.3, 0.4) is 0 Å². The Morgan fingerprint density at radius 1 is 1.43 bits per heavy atom. The van der Waals surface area contributed by atoms with Crippen LogP contribution in [0.4, 0.5) is 10.1 Å². The summed E-state index contributed by atoms with van der Waals surface area (Å²) >= 11 is 0. The number of hydrogen-bond donors (Lipinski definition) is 1. The predicted molar refractivity (Wildman–Crippen MR) is 53.2 cm³/mol. The molecule has 0 radical (unpaired) electrons. The van der Waals surface area contributed by atoms with E-state index in [0.717, 1.165) is 0 Å². The van der Waals surface area contributed by atoms with Gasteiger partial charge in [0.2, 0.25) is 0 Å². The van der Waals surface area contributed by atoms with E-state index in [9.17, 15) is 14.5 Å². The Bertz CT molecular complexity index is 305. The van der Waals surface area contributed by atoms with Crippen LogP contribution in [0, 0.1) is 10.1 Å². The molecular weight excluding hydrogens is 211 g/mol. The van der Waals surface area contributed by atoms with Crippen molar-refractivity contribution in [1.82, 2.24) is 0 Å². The molecule has 0 aliphatic carbocycles. The van der Waals surface area contributed by atoms with E-state index in [-0.39, 0.29) is 18.1 Å². The maximum absolute atomic E-state index is 12.1. The molecule has 0 fully saturated rings. The van der Waals surface area contributed by atoms with Crippen molar-refractivity contribution in [3.05, 3.63) is 39.9 Å². The molecule has 4 nitrogen and oxygen atoms in total. The van der Waals surface area contributed by atoms with Gasteiger partial charge in [-0.2, -0.15) is 0 Å². The highest BCUT2D eigenvalue weighted by Gasteiger charge is 2.08. The Morgan fingerprint density at radius 3 is 2.29 bits per heavy atom. The molecule has 78 valence electrons. The van der Waals surface area contributed by atoms with Gasteiger partial charge in [0.05, 0.1) is 11.0 Å². The molecule has 0 bridgehead atoms. The van der Waals surface area contributed by atoms with Crippen LogP contribution in [-0.2, 0) is 0 Å². The van der Waals surface area contributed by atoms with Gasteiger partial charge in [-0.1, -0.05) is 12.1 Å². The Hall–Kier alpha value is -1.20. The zero-order valence-electron chi connectivity index (χ0n) is 7.22. The number of non-ortho nitro benzene ring substituents is 1. The standard InChI is InChI=1S/C8H9FN2O2.ClH/c9-5-8(10)6-1-3-7(4-2-6)11(12)13;/h1-4,8H,5,10H2;1H/t8-;/m1./s1. The summed E-state index contributed by atoms with van der Waals surface area (Å²) in [5.74, 6) is 0. The van der Waals surface area contributed by atoms with Crippen LogP contribution in [0.1, 0.15) is 11.6 Å². The first kappa shape index (κ1) is 12.8. The van der Waals surface area contributed by atoms with Gasteiger partial charge >= 0.3 is 0 Å². The molecule has 0 aliphatic heterocycles. The highest BCUT2D eigenvalue weighted by atomic mass is 35.5. The van der Waals surface area contributed by atoms with Gasteiger partial charge < -0.3 is 5.73 Å². The molecule has 6 heteroatoms. The number of nitrogens with zero attached hydrogens (tertiary/aromatic N) is 1. The quantitative estimate of drug-likeness (QED) is 0.626. The van der Waals surface area contributed by atoms with Gasteiger partial charge in [-0.25, -0.2) is 4.39 Å². The smallest absolute Gasteiger partial charge is 0.269 e. The van der Waals surface area contributed by atoms with Crippen LogP contribution < -0.4 is 5.73 Å². The molecule has 14 heavy (non-hydrogen) atoms. The van der Waals surface area contributed by atoms with Crippen LogP contribution in [0.15, 0.2) is 24.3 Å². The lowest BCUT2D eigenvalue weighted by Gasteiger charge is -2.05. The average Bonchev–Trinajstić information content (AvgIpc) is 2.17. The SMILES string of the molecule is Cl.N[C@H](CF)c1ccc([N+](=O)[O-])cc1. The molecule has 0 amide bonds. The lowest BCUT2D eigenvalue weighted by atomic mass is 10.1. The van der Waals surface area contributed by atoms with Crippen molar-refractivity contribution >= 4 is 18.1 Å². The summed E-state index contributed by atoms with van der Waals surface area (Å²) in [4.78, 5) is 9.74. The third kappa shape index (κ3) is 2.93. The number of hydrogen-bond acceptors (Lipinski definition) is 3. The second kappa shape index (κ2) is 5.51. The van der Waals surface area contributed by atoms with Crippen molar-refractivity contribution in [2.75, 3.05) is 6.67 Å². The van der Waals surface area contributed by atoms with Gasteiger partial charge in [-0.3, -0.25) is 10.1 Å². The second-order valence-electron chi connectivity index (χ2n) is 2.61. The Kier molecular flexibility index (Phi) is 5.04. The van der Waals surface area contributed by atoms with Gasteiger partial charge in [0.25, 0.3) is 5.69 Å². The molecule has 2 N–H and O–H groups in total. The van der Waals surface area contributed by atoms with Crippen molar-refractivity contribution in [1.29, 1.82) is 0 Å². The first-order chi connectivity index (χ1) is 6.15. The Balaban J connectivity index is 0.00000169. The van der Waals surface area contributed by atoms with Crippen molar-refractivity contribution < 1.29 is 9.31 Å². The van der Waals surface area contributed by atoms with Crippen LogP contribution in [0.5, 0.6) is 0 Å². The molecule has 1 aromatic rings. The fraction of sp³-hybridized carbons (Fsp3) is 0.250. The third-order valence-corrected chi connectivity index (χ3v) is 1.70. The fourth-order valence-electron chi connectivity index (χ4n) is 0.932. The molecule has 0 saturated carbocycles. The summed E-state index contributed by atoms with van der Waals surface area (Å²) in [6, 6.07) is 4.85. The Morgan fingerprint density at radius 2 is 1.93 bits per heavy atom. The highest BCUT2D eigenvalue weighted by molar-refractivity contribution is 5.85. The highest BCUT2D eigenvalue weighted by Crippen LogP contribution is 2.16. The van der Waals surface area contributed by atoms with Crippen molar-refractivity contribution in [2.24, 2.45) is 5.73 Å². The number of rotatable bonds is 3. The molecule has 0 aliphatic rings. The zero-order valence-corrected chi connectivity index (χ0v) is 8.04. The van der Waals surface area contributed by atoms with Crippen molar-refractivity contribution in [2.45, 2.75) is 6.04 Å². The minimum Gasteiger partial charge on any atom is -0.322 e. The number of halogens is 2. The predicted octanol–water partition coefficient (Wildman–Crippen LogP) is 1.99. The van der Waals surface area contributed by atoms with Crippen LogP contribution in [-0.4, -0.2) is 11.6 Å². The molecule has 1 rings (SSSR count). The van der Waals surface area contributed by atoms with E-state index < -0.39 is 17.6 Å². The van der Waals surface area contributed by atoms with E-state index in [4.69, 9.17) is 5.73 Å². The van der Waals surface area contributed by atoms with E-state index in [2.05, 4.69) is 0 Å². The molecule has 0 unspecified atom stereocenters. The van der Waals surface area contributed by atoms with E-state index in [1.54, 1.807) is 0 Å². The summed E-state index contributed by atoms with van der Waals surface area (Å²) in [5, 5.41) is 10.3. The number of nitrogens with two attached hydrogens (primary N) is 1. The first-order valence-electron chi connectivity index (χ1n) is 3.71. The second-order valence-corrected chi connectivity index (χ2v) is 2.61. The molecule has 0 spiro atoms. The lowest BCUT2D eigenvalue weighted by Crippen LogP contribution is -2.11. The monoisotopic (exact) mass is 220 g/mol. The molecular formula is C8H10ClFN2O2. The van der Waals surface area contributed by atoms with Crippen molar-refractivity contribution in [3.63, 3.8) is 0 Å². The summed E-state index contributed by atoms with van der Waals surface area (Å²) in [6.07, 6.45) is 0. The van der Waals surface area contributed by atoms with E-state index in [1.807, 2.05) is 0 Å². The molecule has 1 aromatic carbocycles. The topological polar surface area (TPSA) is 69.2 Å². The number of nitro groups is 1.